The van der Waals surface area contributed by atoms with Crippen LogP contribution in [0.2, 0.25) is 0 Å². The largest absolute Gasteiger partial charge is 0.329 e. The van der Waals surface area contributed by atoms with Gasteiger partial charge in [0, 0.05) is 12.2 Å². The van der Waals surface area contributed by atoms with E-state index in [-0.39, 0.29) is 23.9 Å². The van der Waals surface area contributed by atoms with Gasteiger partial charge in [-0.25, -0.2) is 0 Å². The van der Waals surface area contributed by atoms with E-state index in [2.05, 4.69) is 10.6 Å². The van der Waals surface area contributed by atoms with E-state index in [1.807, 2.05) is 30.3 Å². The number of likely N-dealkylation sites (tertiary alicyclic amines) is 1. The van der Waals surface area contributed by atoms with Gasteiger partial charge in [-0.2, -0.15) is 0 Å². The first-order chi connectivity index (χ1) is 10.3. The molecule has 0 spiro atoms. The van der Waals surface area contributed by atoms with Gasteiger partial charge in [0.1, 0.15) is 6.04 Å². The number of carbonyl (C=O) groups excluding carboxylic acids is 2. The Morgan fingerprint density at radius 3 is 2.67 bits per heavy atom. The van der Waals surface area contributed by atoms with Crippen molar-refractivity contribution < 1.29 is 9.59 Å². The molecule has 1 aromatic carbocycles. The van der Waals surface area contributed by atoms with Gasteiger partial charge in [-0.1, -0.05) is 18.2 Å². The zero-order valence-electron chi connectivity index (χ0n) is 12.0. The van der Waals surface area contributed by atoms with Gasteiger partial charge in [0.25, 0.3) is 0 Å². The normalized spacial score (nSPS) is 25.0. The fourth-order valence-corrected chi connectivity index (χ4v) is 3.15. The van der Waals surface area contributed by atoms with Crippen LogP contribution in [0, 0.1) is 0 Å². The standard InChI is InChI=1S/C16H21N3O2/c20-15(18-12-6-2-1-3-7-12)14-9-5-11-19(14)16(21)13-8-4-10-17-13/h1-3,6-7,13-14,17H,4-5,8-11H2,(H,18,20)/t13-,14+/m1/s1. The SMILES string of the molecule is O=C(Nc1ccccc1)[C@@H]1CCCN1C(=O)[C@H]1CCCN1. The monoisotopic (exact) mass is 287 g/mol. The van der Waals surface area contributed by atoms with Gasteiger partial charge >= 0.3 is 0 Å². The zero-order valence-corrected chi connectivity index (χ0v) is 12.0. The maximum absolute atomic E-state index is 12.5. The second kappa shape index (κ2) is 6.26. The number of carbonyl (C=O) groups is 2. The van der Waals surface area contributed by atoms with E-state index in [9.17, 15) is 9.59 Å². The molecule has 5 nitrogen and oxygen atoms in total. The Morgan fingerprint density at radius 1 is 1.14 bits per heavy atom. The second-order valence-corrected chi connectivity index (χ2v) is 5.69. The lowest BCUT2D eigenvalue weighted by Crippen LogP contribution is -2.49. The lowest BCUT2D eigenvalue weighted by Gasteiger charge is -2.26. The molecule has 2 aliphatic rings. The molecule has 0 unspecified atom stereocenters. The molecular weight excluding hydrogens is 266 g/mol. The molecule has 0 bridgehead atoms. The summed E-state index contributed by atoms with van der Waals surface area (Å²) in [5.74, 6) is 0.00302. The summed E-state index contributed by atoms with van der Waals surface area (Å²) >= 11 is 0. The molecule has 3 rings (SSSR count). The van der Waals surface area contributed by atoms with Gasteiger partial charge in [0.15, 0.2) is 0 Å². The van der Waals surface area contributed by atoms with Gasteiger partial charge in [-0.15, -0.1) is 0 Å². The highest BCUT2D eigenvalue weighted by Crippen LogP contribution is 2.22. The first kappa shape index (κ1) is 14.1. The summed E-state index contributed by atoms with van der Waals surface area (Å²) in [5, 5.41) is 6.13. The molecule has 0 radical (unpaired) electrons. The molecule has 2 heterocycles. The molecule has 0 aliphatic carbocycles. The summed E-state index contributed by atoms with van der Waals surface area (Å²) in [6, 6.07) is 8.96. The van der Waals surface area contributed by atoms with Gasteiger partial charge in [0.2, 0.25) is 11.8 Å². The van der Waals surface area contributed by atoms with Crippen molar-refractivity contribution >= 4 is 17.5 Å². The van der Waals surface area contributed by atoms with Crippen molar-refractivity contribution in [3.63, 3.8) is 0 Å². The summed E-state index contributed by atoms with van der Waals surface area (Å²) in [7, 11) is 0. The first-order valence-electron chi connectivity index (χ1n) is 7.65. The summed E-state index contributed by atoms with van der Waals surface area (Å²) in [4.78, 5) is 26.7. The Kier molecular flexibility index (Phi) is 4.20. The molecule has 2 aliphatic heterocycles. The predicted octanol–water partition coefficient (Wildman–Crippen LogP) is 1.37. The van der Waals surface area contributed by atoms with Gasteiger partial charge in [-0.3, -0.25) is 9.59 Å². The Morgan fingerprint density at radius 2 is 1.95 bits per heavy atom. The Labute approximate surface area is 124 Å². The van der Waals surface area contributed by atoms with Crippen LogP contribution in [0.5, 0.6) is 0 Å². The molecule has 2 atom stereocenters. The van der Waals surface area contributed by atoms with Crippen molar-refractivity contribution in [3.8, 4) is 0 Å². The van der Waals surface area contributed by atoms with Gasteiger partial charge in [0.05, 0.1) is 6.04 Å². The highest BCUT2D eigenvalue weighted by molar-refractivity contribution is 5.98. The van der Waals surface area contributed by atoms with E-state index >= 15 is 0 Å². The van der Waals surface area contributed by atoms with Crippen LogP contribution in [-0.4, -0.2) is 41.9 Å². The lowest BCUT2D eigenvalue weighted by molar-refractivity contribution is -0.138. The number of para-hydroxylation sites is 1. The highest BCUT2D eigenvalue weighted by atomic mass is 16.2. The summed E-state index contributed by atoms with van der Waals surface area (Å²) in [6.45, 7) is 1.58. The predicted molar refractivity (Wildman–Crippen MR) is 80.8 cm³/mol. The van der Waals surface area contributed by atoms with Crippen LogP contribution in [0.15, 0.2) is 30.3 Å². The first-order valence-corrected chi connectivity index (χ1v) is 7.65. The minimum absolute atomic E-state index is 0.0787. The minimum Gasteiger partial charge on any atom is -0.329 e. The average Bonchev–Trinajstić information content (AvgIpc) is 3.19. The van der Waals surface area contributed by atoms with Crippen LogP contribution in [0.3, 0.4) is 0 Å². The van der Waals surface area contributed by atoms with Crippen LogP contribution < -0.4 is 10.6 Å². The molecule has 5 heteroatoms. The molecule has 2 fully saturated rings. The third-order valence-electron chi connectivity index (χ3n) is 4.24. The third kappa shape index (κ3) is 3.08. The lowest BCUT2D eigenvalue weighted by atomic mass is 10.1. The van der Waals surface area contributed by atoms with E-state index in [4.69, 9.17) is 0 Å². The second-order valence-electron chi connectivity index (χ2n) is 5.69. The topological polar surface area (TPSA) is 61.4 Å². The molecule has 2 amide bonds. The summed E-state index contributed by atoms with van der Waals surface area (Å²) < 4.78 is 0. The molecule has 0 saturated carbocycles. The number of nitrogens with one attached hydrogen (secondary N) is 2. The van der Waals surface area contributed by atoms with Crippen LogP contribution in [0.1, 0.15) is 25.7 Å². The van der Waals surface area contributed by atoms with Crippen LogP contribution >= 0.6 is 0 Å². The van der Waals surface area contributed by atoms with Crippen LogP contribution in [-0.2, 0) is 9.59 Å². The molecule has 112 valence electrons. The fourth-order valence-electron chi connectivity index (χ4n) is 3.15. The van der Waals surface area contributed by atoms with E-state index < -0.39 is 0 Å². The number of anilines is 1. The molecule has 2 N–H and O–H groups in total. The van der Waals surface area contributed by atoms with Crippen molar-refractivity contribution in [3.05, 3.63) is 30.3 Å². The Hall–Kier alpha value is -1.88. The van der Waals surface area contributed by atoms with Crippen LogP contribution in [0.4, 0.5) is 5.69 Å². The highest BCUT2D eigenvalue weighted by Gasteiger charge is 2.37. The number of hydrogen-bond acceptors (Lipinski definition) is 3. The molecule has 1 aromatic rings. The molecule has 2 saturated heterocycles. The zero-order chi connectivity index (χ0) is 14.7. The van der Waals surface area contributed by atoms with Crippen molar-refractivity contribution in [1.82, 2.24) is 10.2 Å². The Bertz CT molecular complexity index is 512. The smallest absolute Gasteiger partial charge is 0.247 e. The van der Waals surface area contributed by atoms with E-state index in [1.54, 1.807) is 4.90 Å². The number of rotatable bonds is 3. The maximum Gasteiger partial charge on any atom is 0.247 e. The minimum atomic E-state index is -0.333. The van der Waals surface area contributed by atoms with Crippen molar-refractivity contribution in [2.75, 3.05) is 18.4 Å². The van der Waals surface area contributed by atoms with Crippen molar-refractivity contribution in [2.24, 2.45) is 0 Å². The molecule has 21 heavy (non-hydrogen) atoms. The van der Waals surface area contributed by atoms with E-state index in [0.29, 0.717) is 6.54 Å². The quantitative estimate of drug-likeness (QED) is 0.882. The van der Waals surface area contributed by atoms with Gasteiger partial charge in [-0.05, 0) is 44.4 Å². The van der Waals surface area contributed by atoms with Gasteiger partial charge < -0.3 is 15.5 Å². The van der Waals surface area contributed by atoms with Crippen molar-refractivity contribution in [2.45, 2.75) is 37.8 Å². The molecule has 0 aromatic heterocycles. The van der Waals surface area contributed by atoms with Crippen molar-refractivity contribution in [1.29, 1.82) is 0 Å². The van der Waals surface area contributed by atoms with E-state index in [0.717, 1.165) is 37.9 Å². The third-order valence-corrected chi connectivity index (χ3v) is 4.24. The maximum atomic E-state index is 12.5. The summed E-state index contributed by atoms with van der Waals surface area (Å²) in [5.41, 5.74) is 0.779. The fraction of sp³-hybridized carbons (Fsp3) is 0.500. The number of amides is 2. The Balaban J connectivity index is 1.65. The molecular formula is C16H21N3O2. The average molecular weight is 287 g/mol. The number of hydrogen-bond donors (Lipinski definition) is 2. The number of nitrogens with zero attached hydrogens (tertiary/aromatic N) is 1. The summed E-state index contributed by atoms with van der Waals surface area (Å²) in [6.07, 6.45) is 3.55. The van der Waals surface area contributed by atoms with E-state index in [1.165, 1.54) is 0 Å². The number of benzene rings is 1. The van der Waals surface area contributed by atoms with Crippen LogP contribution in [0.25, 0.3) is 0 Å².